The van der Waals surface area contributed by atoms with E-state index in [-0.39, 0.29) is 6.42 Å². The maximum Gasteiger partial charge on any atom is 0.394 e. The molecule has 0 heterocycles. The number of carbonyl (C=O) groups excluding carboxylic acids is 2. The van der Waals surface area contributed by atoms with Crippen LogP contribution in [0.25, 0.3) is 0 Å². The molecule has 0 aliphatic carbocycles. The summed E-state index contributed by atoms with van der Waals surface area (Å²) in [6.45, 7) is 2.65. The van der Waals surface area contributed by atoms with Crippen LogP contribution >= 0.6 is 0 Å². The lowest BCUT2D eigenvalue weighted by atomic mass is 9.85. The number of esters is 1. The number of halogens is 5. The monoisotopic (exact) mass is 290 g/mol. The summed E-state index contributed by atoms with van der Waals surface area (Å²) in [4.78, 5) is 22.6. The molecule has 0 atom stereocenters. The van der Waals surface area contributed by atoms with Crippen LogP contribution in [0, 0.1) is 5.41 Å². The number of ether oxygens (including phenoxy) is 1. The van der Waals surface area contributed by atoms with Crippen LogP contribution in [0.3, 0.4) is 0 Å². The van der Waals surface area contributed by atoms with Gasteiger partial charge in [-0.3, -0.25) is 4.79 Å². The van der Waals surface area contributed by atoms with Crippen LogP contribution in [0.5, 0.6) is 0 Å². The first-order valence-corrected chi connectivity index (χ1v) is 5.47. The van der Waals surface area contributed by atoms with Crippen molar-refractivity contribution in [1.29, 1.82) is 0 Å². The van der Waals surface area contributed by atoms with E-state index in [9.17, 15) is 31.5 Å². The molecule has 0 rings (SSSR count). The van der Waals surface area contributed by atoms with E-state index in [0.717, 1.165) is 0 Å². The standard InChI is InChI=1S/C11H15F5O3/c1-4-9(2,3)7(17)8(18)19-6-10(12,13)5-11(14,15)16/h4-6H2,1-3H3. The fourth-order valence-corrected chi connectivity index (χ4v) is 1.02. The van der Waals surface area contributed by atoms with Gasteiger partial charge in [0.2, 0.25) is 5.78 Å². The SMILES string of the molecule is CCC(C)(C)C(=O)C(=O)OCC(F)(F)CC(F)(F)F. The third-order valence-electron chi connectivity index (χ3n) is 2.56. The smallest absolute Gasteiger partial charge is 0.394 e. The van der Waals surface area contributed by atoms with E-state index < -0.39 is 42.3 Å². The van der Waals surface area contributed by atoms with Gasteiger partial charge in [0.05, 0.1) is 0 Å². The van der Waals surface area contributed by atoms with E-state index in [1.54, 1.807) is 6.92 Å². The first-order chi connectivity index (χ1) is 8.31. The maximum absolute atomic E-state index is 12.8. The van der Waals surface area contributed by atoms with Gasteiger partial charge in [0.15, 0.2) is 6.61 Å². The number of ketones is 1. The third-order valence-corrected chi connectivity index (χ3v) is 2.56. The minimum atomic E-state index is -5.08. The highest BCUT2D eigenvalue weighted by Gasteiger charge is 2.45. The lowest BCUT2D eigenvalue weighted by molar-refractivity contribution is -0.203. The normalized spacial score (nSPS) is 13.3. The second-order valence-electron chi connectivity index (χ2n) is 4.79. The molecule has 0 aromatic rings. The highest BCUT2D eigenvalue weighted by atomic mass is 19.4. The molecule has 0 spiro atoms. The zero-order valence-electron chi connectivity index (χ0n) is 10.7. The van der Waals surface area contributed by atoms with Crippen molar-refractivity contribution in [2.75, 3.05) is 6.61 Å². The lowest BCUT2D eigenvalue weighted by Crippen LogP contribution is -2.37. The summed E-state index contributed by atoms with van der Waals surface area (Å²) in [5.41, 5.74) is -1.10. The second-order valence-corrected chi connectivity index (χ2v) is 4.79. The van der Waals surface area contributed by atoms with Crippen LogP contribution in [0.1, 0.15) is 33.6 Å². The van der Waals surface area contributed by atoms with Crippen LogP contribution < -0.4 is 0 Å². The van der Waals surface area contributed by atoms with Gasteiger partial charge in [0, 0.05) is 5.41 Å². The fraction of sp³-hybridized carbons (Fsp3) is 0.818. The van der Waals surface area contributed by atoms with E-state index in [4.69, 9.17) is 0 Å². The zero-order valence-corrected chi connectivity index (χ0v) is 10.7. The number of Topliss-reactive ketones (excluding diaryl/α,β-unsaturated/α-hetero) is 1. The molecule has 0 saturated carbocycles. The van der Waals surface area contributed by atoms with Gasteiger partial charge in [-0.25, -0.2) is 13.6 Å². The summed E-state index contributed by atoms with van der Waals surface area (Å²) >= 11 is 0. The quantitative estimate of drug-likeness (QED) is 0.429. The molecule has 3 nitrogen and oxygen atoms in total. The molecule has 0 saturated heterocycles. The van der Waals surface area contributed by atoms with E-state index in [0.29, 0.717) is 0 Å². The molecule has 112 valence electrons. The van der Waals surface area contributed by atoms with Gasteiger partial charge in [-0.05, 0) is 6.42 Å². The molecular weight excluding hydrogens is 275 g/mol. The highest BCUT2D eigenvalue weighted by Crippen LogP contribution is 2.31. The molecule has 19 heavy (non-hydrogen) atoms. The van der Waals surface area contributed by atoms with Gasteiger partial charge >= 0.3 is 12.1 Å². The van der Waals surface area contributed by atoms with E-state index in [1.165, 1.54) is 13.8 Å². The summed E-state index contributed by atoms with van der Waals surface area (Å²) in [6, 6.07) is 0. The van der Waals surface area contributed by atoms with Crippen molar-refractivity contribution in [3.05, 3.63) is 0 Å². The fourth-order valence-electron chi connectivity index (χ4n) is 1.02. The molecule has 8 heteroatoms. The molecule has 0 unspecified atom stereocenters. The van der Waals surface area contributed by atoms with Crippen LogP contribution in [-0.2, 0) is 14.3 Å². The zero-order chi connectivity index (χ0) is 15.5. The number of carbonyl (C=O) groups is 2. The van der Waals surface area contributed by atoms with Gasteiger partial charge < -0.3 is 4.74 Å². The van der Waals surface area contributed by atoms with E-state index >= 15 is 0 Å². The van der Waals surface area contributed by atoms with Crippen LogP contribution in [0.4, 0.5) is 22.0 Å². The third kappa shape index (κ3) is 6.49. The molecule has 0 aliphatic rings. The minimum absolute atomic E-state index is 0.264. The Labute approximate surface area is 107 Å². The van der Waals surface area contributed by atoms with Crippen molar-refractivity contribution in [3.8, 4) is 0 Å². The van der Waals surface area contributed by atoms with Crippen molar-refractivity contribution in [1.82, 2.24) is 0 Å². The summed E-state index contributed by atoms with van der Waals surface area (Å²) in [6.07, 6.45) is -7.22. The Morgan fingerprint density at radius 2 is 1.53 bits per heavy atom. The van der Waals surface area contributed by atoms with Crippen molar-refractivity contribution >= 4 is 11.8 Å². The molecule has 0 radical (unpaired) electrons. The van der Waals surface area contributed by atoms with Crippen LogP contribution in [0.2, 0.25) is 0 Å². The Bertz CT molecular complexity index is 347. The summed E-state index contributed by atoms with van der Waals surface area (Å²) in [7, 11) is 0. The Kier molecular flexibility index (Phi) is 5.46. The molecule has 0 aromatic heterocycles. The Hall–Kier alpha value is -1.21. The van der Waals surface area contributed by atoms with E-state index in [1.807, 2.05) is 0 Å². The molecule has 0 aromatic carbocycles. The summed E-state index contributed by atoms with van der Waals surface area (Å²) in [5, 5.41) is 0. The van der Waals surface area contributed by atoms with Crippen LogP contribution in [0.15, 0.2) is 0 Å². The van der Waals surface area contributed by atoms with Crippen molar-refractivity contribution in [2.45, 2.75) is 45.7 Å². The van der Waals surface area contributed by atoms with Crippen molar-refractivity contribution < 1.29 is 36.3 Å². The number of rotatable bonds is 6. The molecule has 0 N–H and O–H groups in total. The molecule has 0 amide bonds. The largest absolute Gasteiger partial charge is 0.454 e. The van der Waals surface area contributed by atoms with Gasteiger partial charge in [0.1, 0.15) is 6.42 Å². The highest BCUT2D eigenvalue weighted by molar-refractivity contribution is 6.35. The number of hydrogen-bond acceptors (Lipinski definition) is 3. The van der Waals surface area contributed by atoms with Crippen molar-refractivity contribution in [2.24, 2.45) is 5.41 Å². The molecule has 0 fully saturated rings. The number of alkyl halides is 5. The molecular formula is C11H15F5O3. The lowest BCUT2D eigenvalue weighted by Gasteiger charge is -2.21. The van der Waals surface area contributed by atoms with Gasteiger partial charge in [-0.15, -0.1) is 0 Å². The topological polar surface area (TPSA) is 43.4 Å². The Morgan fingerprint density at radius 1 is 1.05 bits per heavy atom. The average Bonchev–Trinajstić information content (AvgIpc) is 2.21. The maximum atomic E-state index is 12.8. The van der Waals surface area contributed by atoms with Gasteiger partial charge in [-0.2, -0.15) is 13.2 Å². The van der Waals surface area contributed by atoms with Crippen molar-refractivity contribution in [3.63, 3.8) is 0 Å². The Morgan fingerprint density at radius 3 is 1.89 bits per heavy atom. The minimum Gasteiger partial charge on any atom is -0.454 e. The molecule has 0 aliphatic heterocycles. The molecule has 0 bridgehead atoms. The van der Waals surface area contributed by atoms with Gasteiger partial charge in [-0.1, -0.05) is 20.8 Å². The second kappa shape index (κ2) is 5.83. The average molecular weight is 290 g/mol. The number of hydrogen-bond donors (Lipinski definition) is 0. The van der Waals surface area contributed by atoms with Crippen LogP contribution in [-0.4, -0.2) is 30.5 Å². The predicted octanol–water partition coefficient (Wildman–Crippen LogP) is 3.12. The van der Waals surface area contributed by atoms with Gasteiger partial charge in [0.25, 0.3) is 5.92 Å². The van der Waals surface area contributed by atoms with E-state index in [2.05, 4.69) is 4.74 Å². The first kappa shape index (κ1) is 17.8. The first-order valence-electron chi connectivity index (χ1n) is 5.47. The summed E-state index contributed by atoms with van der Waals surface area (Å²) < 4.78 is 65.0. The Balaban J connectivity index is 4.50. The summed E-state index contributed by atoms with van der Waals surface area (Å²) in [5.74, 6) is -6.84. The predicted molar refractivity (Wildman–Crippen MR) is 55.7 cm³/mol.